The number of piperidine rings is 2. The molecule has 13 nitrogen and oxygen atoms in total. The predicted octanol–water partition coefficient (Wildman–Crippen LogP) is 1.31. The summed E-state index contributed by atoms with van der Waals surface area (Å²) in [6.07, 6.45) is 6.15. The highest BCUT2D eigenvalue weighted by Gasteiger charge is 2.43. The summed E-state index contributed by atoms with van der Waals surface area (Å²) in [6, 6.07) is -0.973. The van der Waals surface area contributed by atoms with Gasteiger partial charge in [0.05, 0.1) is 12.3 Å². The summed E-state index contributed by atoms with van der Waals surface area (Å²) in [6.45, 7) is 1.36. The lowest BCUT2D eigenvalue weighted by atomic mass is 9.68. The van der Waals surface area contributed by atoms with Crippen LogP contribution in [0.25, 0.3) is 0 Å². The smallest absolute Gasteiger partial charge is 0.325 e. The van der Waals surface area contributed by atoms with Crippen LogP contribution in [0.4, 0.5) is 0 Å². The molecule has 2 saturated heterocycles. The van der Waals surface area contributed by atoms with Crippen LogP contribution in [0.15, 0.2) is 0 Å². The Bertz CT molecular complexity index is 820. The van der Waals surface area contributed by atoms with Crippen molar-refractivity contribution in [3.05, 3.63) is 0 Å². The van der Waals surface area contributed by atoms with Crippen LogP contribution in [0.3, 0.4) is 0 Å². The van der Waals surface area contributed by atoms with Gasteiger partial charge in [-0.2, -0.15) is 0 Å². The summed E-state index contributed by atoms with van der Waals surface area (Å²) in [5, 5.41) is 24.3. The Balaban J connectivity index is 0.000000688. The Kier molecular flexibility index (Phi) is 16.2. The van der Waals surface area contributed by atoms with Gasteiger partial charge in [0.15, 0.2) is 0 Å². The zero-order chi connectivity index (χ0) is 26.7. The van der Waals surface area contributed by atoms with E-state index in [1.807, 2.05) is 0 Å². The van der Waals surface area contributed by atoms with Gasteiger partial charge >= 0.3 is 27.1 Å². The molecule has 4 aliphatic rings. The number of carboxylic acids is 2. The maximum atomic E-state index is 11.1. The van der Waals surface area contributed by atoms with Crippen LogP contribution in [0.2, 0.25) is 0 Å². The fraction of sp³-hybridized carbons (Fsp3) is 0.909. The van der Waals surface area contributed by atoms with E-state index in [9.17, 15) is 18.7 Å². The zero-order valence-corrected chi connectivity index (χ0v) is 25.1. The molecule has 10 N–H and O–H groups in total. The van der Waals surface area contributed by atoms with Gasteiger partial charge in [0.25, 0.3) is 0 Å². The first-order valence-electron chi connectivity index (χ1n) is 12.7. The van der Waals surface area contributed by atoms with Crippen molar-refractivity contribution in [2.45, 2.75) is 63.5 Å². The van der Waals surface area contributed by atoms with Crippen LogP contribution >= 0.6 is 40.0 Å². The van der Waals surface area contributed by atoms with Crippen molar-refractivity contribution < 1.29 is 54.0 Å². The molecule has 2 aliphatic carbocycles. The lowest BCUT2D eigenvalue weighted by Gasteiger charge is -2.42. The van der Waals surface area contributed by atoms with Crippen LogP contribution < -0.4 is 10.6 Å². The van der Waals surface area contributed by atoms with E-state index in [2.05, 4.69) is 10.6 Å². The van der Waals surface area contributed by atoms with E-state index in [0.29, 0.717) is 13.1 Å². The monoisotopic (exact) mass is 644 g/mol. The lowest BCUT2D eigenvalue weighted by Crippen LogP contribution is -2.52. The molecule has 4 fully saturated rings. The predicted molar refractivity (Wildman–Crippen MR) is 149 cm³/mol. The fourth-order valence-electron chi connectivity index (χ4n) is 7.01. The van der Waals surface area contributed by atoms with Gasteiger partial charge in [0, 0.05) is 0 Å². The van der Waals surface area contributed by atoms with Crippen LogP contribution in [0, 0.1) is 35.5 Å². The van der Waals surface area contributed by atoms with Crippen molar-refractivity contribution >= 4 is 51.9 Å². The SMILES string of the molecule is Cl.Cl.O.O=C(O)C1NCCC2CC(CP(=O)(O)O)CCC21.O=C(O)C1NCCC2CC(CP(=O)(O)O)CCC21. The first-order valence-corrected chi connectivity index (χ1v) is 16.3. The highest BCUT2D eigenvalue weighted by atomic mass is 35.5. The van der Waals surface area contributed by atoms with Gasteiger partial charge in [-0.3, -0.25) is 18.7 Å². The molecule has 0 aromatic rings. The number of halogens is 2. The molecule has 0 aromatic heterocycles. The Morgan fingerprint density at radius 2 is 0.974 bits per heavy atom. The van der Waals surface area contributed by atoms with E-state index >= 15 is 0 Å². The molecular weight excluding hydrogens is 601 g/mol. The minimum atomic E-state index is -3.95. The Morgan fingerprint density at radius 3 is 1.26 bits per heavy atom. The van der Waals surface area contributed by atoms with Gasteiger partial charge in [-0.15, -0.1) is 24.8 Å². The second-order valence-electron chi connectivity index (χ2n) is 11.0. The molecular formula is C22H44Cl2N2O11P2. The summed E-state index contributed by atoms with van der Waals surface area (Å²) in [4.78, 5) is 58.3. The van der Waals surface area contributed by atoms with Gasteiger partial charge < -0.3 is 45.9 Å². The highest BCUT2D eigenvalue weighted by Crippen LogP contribution is 2.47. The molecule has 0 aromatic carbocycles. The van der Waals surface area contributed by atoms with Gasteiger partial charge in [0.2, 0.25) is 0 Å². The van der Waals surface area contributed by atoms with Gasteiger partial charge in [-0.05, 0) is 100.0 Å². The molecule has 0 bridgehead atoms. The zero-order valence-electron chi connectivity index (χ0n) is 21.6. The molecule has 4 rings (SSSR count). The first kappa shape index (κ1) is 38.7. The number of aliphatic carboxylic acids is 2. The molecule has 2 saturated carbocycles. The molecule has 17 heteroatoms. The second-order valence-corrected chi connectivity index (χ2v) is 14.4. The van der Waals surface area contributed by atoms with Crippen molar-refractivity contribution in [1.82, 2.24) is 10.6 Å². The highest BCUT2D eigenvalue weighted by molar-refractivity contribution is 7.52. The third-order valence-electron chi connectivity index (χ3n) is 8.44. The van der Waals surface area contributed by atoms with Crippen molar-refractivity contribution in [3.63, 3.8) is 0 Å². The minimum absolute atomic E-state index is 0. The normalized spacial score (nSPS) is 34.2. The van der Waals surface area contributed by atoms with Crippen molar-refractivity contribution in [3.8, 4) is 0 Å². The van der Waals surface area contributed by atoms with E-state index in [4.69, 9.17) is 29.8 Å². The molecule has 2 aliphatic heterocycles. The average molecular weight is 645 g/mol. The number of carboxylic acid groups (broad SMARTS) is 2. The number of rotatable bonds is 6. The third-order valence-corrected chi connectivity index (χ3v) is 10.4. The summed E-state index contributed by atoms with van der Waals surface area (Å²) in [5.74, 6) is -0.723. The Hall–Kier alpha value is -0.300. The number of nitrogens with one attached hydrogen (secondary N) is 2. The van der Waals surface area contributed by atoms with Gasteiger partial charge in [-0.25, -0.2) is 0 Å². The van der Waals surface area contributed by atoms with Gasteiger partial charge in [-0.1, -0.05) is 0 Å². The van der Waals surface area contributed by atoms with E-state index in [1.165, 1.54) is 0 Å². The van der Waals surface area contributed by atoms with Crippen molar-refractivity contribution in [2.24, 2.45) is 35.5 Å². The molecule has 8 atom stereocenters. The first-order chi connectivity index (χ1) is 16.7. The lowest BCUT2D eigenvalue weighted by molar-refractivity contribution is -0.144. The summed E-state index contributed by atoms with van der Waals surface area (Å²) in [5.41, 5.74) is 0. The topological polar surface area (TPSA) is 245 Å². The maximum absolute atomic E-state index is 11.1. The molecule has 8 unspecified atom stereocenters. The van der Waals surface area contributed by atoms with Crippen LogP contribution in [0.1, 0.15) is 51.4 Å². The van der Waals surface area contributed by atoms with Crippen molar-refractivity contribution in [2.75, 3.05) is 25.4 Å². The Labute approximate surface area is 240 Å². The van der Waals surface area contributed by atoms with Gasteiger partial charge in [0.1, 0.15) is 12.1 Å². The molecule has 0 spiro atoms. The van der Waals surface area contributed by atoms with E-state index < -0.39 is 39.2 Å². The average Bonchev–Trinajstić information content (AvgIpc) is 2.76. The standard InChI is InChI=1S/2C11H20NO5P.2ClH.H2O/c2*13-11(14)10-9-2-1-7(6-18(15,16)17)5-8(9)3-4-12-10;;;/h2*7-10,12H,1-6H2,(H,13,14)(H2,15,16,17);2*1H;1H2. The number of hydrogen-bond donors (Lipinski definition) is 8. The Morgan fingerprint density at radius 1 is 0.641 bits per heavy atom. The number of fused-ring (bicyclic) bond motifs is 2. The minimum Gasteiger partial charge on any atom is -0.480 e. The summed E-state index contributed by atoms with van der Waals surface area (Å²) < 4.78 is 22.0. The molecule has 232 valence electrons. The second kappa shape index (κ2) is 16.4. The summed E-state index contributed by atoms with van der Waals surface area (Å²) in [7, 11) is -7.90. The number of carbonyl (C=O) groups is 2. The fourth-order valence-corrected chi connectivity index (χ4v) is 9.02. The molecule has 39 heavy (non-hydrogen) atoms. The van der Waals surface area contributed by atoms with E-state index in [1.54, 1.807) is 0 Å². The van der Waals surface area contributed by atoms with E-state index in [0.717, 1.165) is 51.4 Å². The van der Waals surface area contributed by atoms with Crippen LogP contribution in [-0.2, 0) is 18.7 Å². The van der Waals surface area contributed by atoms with Crippen molar-refractivity contribution in [1.29, 1.82) is 0 Å². The quantitative estimate of drug-likeness (QED) is 0.191. The number of hydrogen-bond acceptors (Lipinski definition) is 6. The molecule has 0 radical (unpaired) electrons. The third kappa shape index (κ3) is 11.8. The van der Waals surface area contributed by atoms with Crippen LogP contribution in [0.5, 0.6) is 0 Å². The largest absolute Gasteiger partial charge is 0.480 e. The molecule has 2 heterocycles. The van der Waals surface area contributed by atoms with E-state index in [-0.39, 0.29) is 78.1 Å². The summed E-state index contributed by atoms with van der Waals surface area (Å²) >= 11 is 0. The molecule has 0 amide bonds. The maximum Gasteiger partial charge on any atom is 0.325 e. The van der Waals surface area contributed by atoms with Crippen LogP contribution in [-0.4, -0.2) is 84.7 Å².